The molecule has 1 atom stereocenters. The molecule has 0 aliphatic carbocycles. The van der Waals surface area contributed by atoms with Gasteiger partial charge in [0, 0.05) is 18.6 Å². The van der Waals surface area contributed by atoms with Crippen molar-refractivity contribution in [2.45, 2.75) is 25.4 Å². The summed E-state index contributed by atoms with van der Waals surface area (Å²) in [5, 5.41) is 13.6. The molecule has 1 saturated heterocycles. The van der Waals surface area contributed by atoms with Crippen LogP contribution in [0.1, 0.15) is 13.8 Å². The van der Waals surface area contributed by atoms with E-state index in [1.165, 1.54) is 0 Å². The number of piperazine rings is 1. The molecule has 0 aromatic heterocycles. The molecule has 0 radical (unpaired) electrons. The Bertz CT molecular complexity index is 395. The van der Waals surface area contributed by atoms with E-state index in [-0.39, 0.29) is 18.2 Å². The van der Waals surface area contributed by atoms with Gasteiger partial charge in [0.05, 0.1) is 23.4 Å². The smallest absolute Gasteiger partial charge is 0.0652 e. The fourth-order valence-corrected chi connectivity index (χ4v) is 2.76. The summed E-state index contributed by atoms with van der Waals surface area (Å²) in [5.74, 6) is 0. The number of hydrogen-bond acceptors (Lipinski definition) is 3. The van der Waals surface area contributed by atoms with Gasteiger partial charge in [-0.2, -0.15) is 0 Å². The standard InChI is InChI=1S/C13H19ClN2O/c1-13(2)9-15-7-10(8-17)16(13)12-6-4-3-5-11(12)14/h3-6,10,15,17H,7-9H2,1-2H3. The third-order valence-corrected chi connectivity index (χ3v) is 3.60. The number of nitrogens with zero attached hydrogens (tertiary/aromatic N) is 1. The lowest BCUT2D eigenvalue weighted by Crippen LogP contribution is -2.64. The highest BCUT2D eigenvalue weighted by molar-refractivity contribution is 6.33. The number of nitrogens with one attached hydrogen (secondary N) is 1. The summed E-state index contributed by atoms with van der Waals surface area (Å²) in [7, 11) is 0. The van der Waals surface area contributed by atoms with Crippen molar-refractivity contribution in [2.75, 3.05) is 24.6 Å². The first-order chi connectivity index (χ1) is 8.06. The molecule has 1 aliphatic heterocycles. The molecule has 1 unspecified atom stereocenters. The van der Waals surface area contributed by atoms with Crippen LogP contribution in [0.2, 0.25) is 5.02 Å². The molecular formula is C13H19ClN2O. The van der Waals surface area contributed by atoms with Gasteiger partial charge in [-0.1, -0.05) is 23.7 Å². The maximum absolute atomic E-state index is 9.52. The Morgan fingerprint density at radius 3 is 2.82 bits per heavy atom. The van der Waals surface area contributed by atoms with Gasteiger partial charge in [-0.3, -0.25) is 0 Å². The predicted molar refractivity (Wildman–Crippen MR) is 71.8 cm³/mol. The maximum atomic E-state index is 9.52. The molecule has 0 spiro atoms. The van der Waals surface area contributed by atoms with Gasteiger partial charge in [0.2, 0.25) is 0 Å². The van der Waals surface area contributed by atoms with Gasteiger partial charge in [-0.25, -0.2) is 0 Å². The van der Waals surface area contributed by atoms with Crippen molar-refractivity contribution in [1.82, 2.24) is 5.32 Å². The molecule has 2 N–H and O–H groups in total. The van der Waals surface area contributed by atoms with Crippen molar-refractivity contribution in [3.8, 4) is 0 Å². The summed E-state index contributed by atoms with van der Waals surface area (Å²) in [6.45, 7) is 6.11. The van der Waals surface area contributed by atoms with Crippen LogP contribution in [0.3, 0.4) is 0 Å². The topological polar surface area (TPSA) is 35.5 Å². The number of para-hydroxylation sites is 1. The van der Waals surface area contributed by atoms with Crippen molar-refractivity contribution >= 4 is 17.3 Å². The maximum Gasteiger partial charge on any atom is 0.0652 e. The first kappa shape index (κ1) is 12.7. The molecule has 1 heterocycles. The number of aliphatic hydroxyl groups is 1. The van der Waals surface area contributed by atoms with Gasteiger partial charge < -0.3 is 15.3 Å². The lowest BCUT2D eigenvalue weighted by Gasteiger charge is -2.49. The molecule has 3 nitrogen and oxygen atoms in total. The van der Waals surface area contributed by atoms with Crippen molar-refractivity contribution in [3.05, 3.63) is 29.3 Å². The highest BCUT2D eigenvalue weighted by atomic mass is 35.5. The average Bonchev–Trinajstić information content (AvgIpc) is 2.29. The number of benzene rings is 1. The molecule has 0 saturated carbocycles. The van der Waals surface area contributed by atoms with Gasteiger partial charge >= 0.3 is 0 Å². The molecule has 17 heavy (non-hydrogen) atoms. The zero-order chi connectivity index (χ0) is 12.5. The van der Waals surface area contributed by atoms with E-state index in [1.807, 2.05) is 24.3 Å². The van der Waals surface area contributed by atoms with Crippen molar-refractivity contribution < 1.29 is 5.11 Å². The summed E-state index contributed by atoms with van der Waals surface area (Å²) in [5.41, 5.74) is 0.941. The Labute approximate surface area is 107 Å². The average molecular weight is 255 g/mol. The van der Waals surface area contributed by atoms with E-state index in [0.29, 0.717) is 0 Å². The van der Waals surface area contributed by atoms with E-state index in [4.69, 9.17) is 11.6 Å². The zero-order valence-corrected chi connectivity index (χ0v) is 11.0. The van der Waals surface area contributed by atoms with E-state index < -0.39 is 0 Å². The van der Waals surface area contributed by atoms with Crippen LogP contribution in [-0.2, 0) is 0 Å². The van der Waals surface area contributed by atoms with Gasteiger partial charge in [-0.05, 0) is 26.0 Å². The van der Waals surface area contributed by atoms with Gasteiger partial charge in [0.25, 0.3) is 0 Å². The number of anilines is 1. The second-order valence-corrected chi connectivity index (χ2v) is 5.51. The van der Waals surface area contributed by atoms with E-state index in [1.54, 1.807) is 0 Å². The van der Waals surface area contributed by atoms with Crippen LogP contribution in [0.25, 0.3) is 0 Å². The Hall–Kier alpha value is -0.770. The Morgan fingerprint density at radius 1 is 1.47 bits per heavy atom. The first-order valence-electron chi connectivity index (χ1n) is 5.92. The molecule has 1 aliphatic rings. The van der Waals surface area contributed by atoms with E-state index in [0.717, 1.165) is 23.8 Å². The van der Waals surface area contributed by atoms with E-state index in [2.05, 4.69) is 24.1 Å². The lowest BCUT2D eigenvalue weighted by atomic mass is 9.95. The van der Waals surface area contributed by atoms with Crippen LogP contribution in [0.4, 0.5) is 5.69 Å². The Kier molecular flexibility index (Phi) is 3.61. The monoisotopic (exact) mass is 254 g/mol. The fraction of sp³-hybridized carbons (Fsp3) is 0.538. The molecule has 0 amide bonds. The molecule has 1 aromatic carbocycles. The molecule has 0 bridgehead atoms. The molecular weight excluding hydrogens is 236 g/mol. The molecule has 94 valence electrons. The Balaban J connectivity index is 2.41. The number of rotatable bonds is 2. The van der Waals surface area contributed by atoms with Gasteiger partial charge in [0.15, 0.2) is 0 Å². The number of hydrogen-bond donors (Lipinski definition) is 2. The SMILES string of the molecule is CC1(C)CNCC(CO)N1c1ccccc1Cl. The lowest BCUT2D eigenvalue weighted by molar-refractivity contribution is 0.212. The van der Waals surface area contributed by atoms with E-state index in [9.17, 15) is 5.11 Å². The van der Waals surface area contributed by atoms with Crippen LogP contribution >= 0.6 is 11.6 Å². The van der Waals surface area contributed by atoms with Gasteiger partial charge in [0.1, 0.15) is 0 Å². The quantitative estimate of drug-likeness (QED) is 0.846. The zero-order valence-electron chi connectivity index (χ0n) is 10.3. The van der Waals surface area contributed by atoms with Crippen molar-refractivity contribution in [1.29, 1.82) is 0 Å². The largest absolute Gasteiger partial charge is 0.394 e. The van der Waals surface area contributed by atoms with Gasteiger partial charge in [-0.15, -0.1) is 0 Å². The molecule has 1 fully saturated rings. The molecule has 1 aromatic rings. The molecule has 4 heteroatoms. The number of aliphatic hydroxyl groups excluding tert-OH is 1. The highest BCUT2D eigenvalue weighted by Gasteiger charge is 2.36. The van der Waals surface area contributed by atoms with Crippen molar-refractivity contribution in [2.24, 2.45) is 0 Å². The summed E-state index contributed by atoms with van der Waals surface area (Å²) < 4.78 is 0. The summed E-state index contributed by atoms with van der Waals surface area (Å²) >= 11 is 6.26. The summed E-state index contributed by atoms with van der Waals surface area (Å²) in [4.78, 5) is 2.23. The first-order valence-corrected chi connectivity index (χ1v) is 6.29. The van der Waals surface area contributed by atoms with E-state index >= 15 is 0 Å². The minimum atomic E-state index is -0.0589. The number of halogens is 1. The van der Waals surface area contributed by atoms with Crippen LogP contribution in [0, 0.1) is 0 Å². The van der Waals surface area contributed by atoms with Crippen molar-refractivity contribution in [3.63, 3.8) is 0 Å². The Morgan fingerprint density at radius 2 is 2.18 bits per heavy atom. The predicted octanol–water partition coefficient (Wildman–Crippen LogP) is 1.89. The minimum absolute atomic E-state index is 0.0589. The van der Waals surface area contributed by atoms with Crippen LogP contribution in [0.15, 0.2) is 24.3 Å². The summed E-state index contributed by atoms with van der Waals surface area (Å²) in [6, 6.07) is 7.88. The van der Waals surface area contributed by atoms with Crippen LogP contribution in [0.5, 0.6) is 0 Å². The van der Waals surface area contributed by atoms with Crippen LogP contribution in [-0.4, -0.2) is 36.4 Å². The normalized spacial score (nSPS) is 23.8. The second-order valence-electron chi connectivity index (χ2n) is 5.10. The third kappa shape index (κ3) is 2.41. The third-order valence-electron chi connectivity index (χ3n) is 3.28. The highest BCUT2D eigenvalue weighted by Crippen LogP contribution is 2.33. The van der Waals surface area contributed by atoms with Crippen LogP contribution < -0.4 is 10.2 Å². The fourth-order valence-electron chi connectivity index (χ4n) is 2.53. The summed E-state index contributed by atoms with van der Waals surface area (Å²) in [6.07, 6.45) is 0. The second kappa shape index (κ2) is 4.84. The minimum Gasteiger partial charge on any atom is -0.394 e. The molecule has 2 rings (SSSR count).